The molecule has 0 fully saturated rings. The minimum atomic E-state index is 0.405. The number of nitrogens with one attached hydrogen (secondary N) is 1. The van der Waals surface area contributed by atoms with E-state index >= 15 is 0 Å². The van der Waals surface area contributed by atoms with Crippen LogP contribution in [0.4, 0.5) is 11.4 Å². The summed E-state index contributed by atoms with van der Waals surface area (Å²) in [5.74, 6) is 0. The second-order valence-corrected chi connectivity index (χ2v) is 4.73. The van der Waals surface area contributed by atoms with Crippen LogP contribution in [0.15, 0.2) is 18.2 Å². The van der Waals surface area contributed by atoms with Crippen molar-refractivity contribution in [2.45, 2.75) is 19.4 Å². The summed E-state index contributed by atoms with van der Waals surface area (Å²) in [5.41, 5.74) is 7.62. The maximum absolute atomic E-state index is 5.69. The van der Waals surface area contributed by atoms with Gasteiger partial charge < -0.3 is 15.8 Å². The van der Waals surface area contributed by atoms with E-state index in [2.05, 4.69) is 34.8 Å². The van der Waals surface area contributed by atoms with Gasteiger partial charge in [-0.25, -0.2) is 0 Å². The minimum absolute atomic E-state index is 0.405. The normalized spacial score (nSPS) is 12.5. The van der Waals surface area contributed by atoms with E-state index in [-0.39, 0.29) is 0 Å². The first kappa shape index (κ1) is 12.6. The Hall–Kier alpha value is -0.490. The summed E-state index contributed by atoms with van der Waals surface area (Å²) < 4.78 is 6.19. The maximum atomic E-state index is 5.69. The lowest BCUT2D eigenvalue weighted by atomic mass is 10.2. The highest BCUT2D eigenvalue weighted by Gasteiger charge is 2.04. The number of hydrogen-bond donors (Lipinski definition) is 2. The smallest absolute Gasteiger partial charge is 0.0481 e. The van der Waals surface area contributed by atoms with E-state index in [1.807, 2.05) is 18.2 Å². The largest absolute Gasteiger partial charge is 0.399 e. The summed E-state index contributed by atoms with van der Waals surface area (Å²) >= 11 is 2.28. The van der Waals surface area contributed by atoms with Crippen molar-refractivity contribution in [3.05, 3.63) is 21.8 Å². The maximum Gasteiger partial charge on any atom is 0.0481 e. The summed E-state index contributed by atoms with van der Waals surface area (Å²) in [6.07, 6.45) is 0.997. The predicted octanol–water partition coefficient (Wildman–Crippen LogP) is 2.71. The lowest BCUT2D eigenvalue weighted by Crippen LogP contribution is -2.17. The van der Waals surface area contributed by atoms with Crippen molar-refractivity contribution >= 4 is 34.0 Å². The Bertz CT molecular complexity index is 317. The van der Waals surface area contributed by atoms with Gasteiger partial charge in [0, 0.05) is 34.7 Å². The molecule has 1 unspecified atom stereocenters. The van der Waals surface area contributed by atoms with Crippen LogP contribution < -0.4 is 11.1 Å². The molecule has 15 heavy (non-hydrogen) atoms. The van der Waals surface area contributed by atoms with Crippen molar-refractivity contribution in [3.63, 3.8) is 0 Å². The molecule has 84 valence electrons. The Labute approximate surface area is 105 Å². The summed E-state index contributed by atoms with van der Waals surface area (Å²) in [6.45, 7) is 2.92. The monoisotopic (exact) mass is 320 g/mol. The van der Waals surface area contributed by atoms with Crippen LogP contribution >= 0.6 is 22.6 Å². The van der Waals surface area contributed by atoms with Crippen molar-refractivity contribution < 1.29 is 4.74 Å². The minimum Gasteiger partial charge on any atom is -0.399 e. The van der Waals surface area contributed by atoms with E-state index < -0.39 is 0 Å². The third-order valence-electron chi connectivity index (χ3n) is 2.15. The lowest BCUT2D eigenvalue weighted by Gasteiger charge is -2.16. The highest BCUT2D eigenvalue weighted by Crippen LogP contribution is 2.21. The van der Waals surface area contributed by atoms with Crippen LogP contribution in [0.5, 0.6) is 0 Å². The zero-order chi connectivity index (χ0) is 11.3. The summed E-state index contributed by atoms with van der Waals surface area (Å²) in [5, 5.41) is 3.43. The fourth-order valence-corrected chi connectivity index (χ4v) is 1.98. The molecule has 0 aliphatic heterocycles. The molecule has 1 rings (SSSR count). The molecule has 0 aromatic heterocycles. The first-order chi connectivity index (χ1) is 7.13. The number of nitrogens with two attached hydrogens (primary N) is 1. The number of hydrogen-bond acceptors (Lipinski definition) is 3. The van der Waals surface area contributed by atoms with Gasteiger partial charge >= 0.3 is 0 Å². The van der Waals surface area contributed by atoms with Gasteiger partial charge in [-0.2, -0.15) is 0 Å². The van der Waals surface area contributed by atoms with E-state index in [9.17, 15) is 0 Å². The molecule has 4 heteroatoms. The van der Waals surface area contributed by atoms with E-state index in [4.69, 9.17) is 10.5 Å². The van der Waals surface area contributed by atoms with Gasteiger partial charge in [-0.1, -0.05) is 0 Å². The Morgan fingerprint density at radius 3 is 2.87 bits per heavy atom. The van der Waals surface area contributed by atoms with Gasteiger partial charge in [-0.3, -0.25) is 0 Å². The molecule has 0 spiro atoms. The summed E-state index contributed by atoms with van der Waals surface area (Å²) in [6, 6.07) is 6.29. The number of benzene rings is 1. The average molecular weight is 320 g/mol. The number of methoxy groups -OCH3 is 1. The molecule has 0 radical (unpaired) electrons. The molecule has 0 saturated carbocycles. The van der Waals surface area contributed by atoms with E-state index in [0.717, 1.165) is 28.0 Å². The fourth-order valence-electron chi connectivity index (χ4n) is 1.28. The molecule has 3 N–H and O–H groups in total. The topological polar surface area (TPSA) is 47.3 Å². The molecule has 0 aliphatic carbocycles. The SMILES string of the molecule is COCCC(C)Nc1ccc(N)cc1I. The van der Waals surface area contributed by atoms with Crippen molar-refractivity contribution in [2.75, 3.05) is 24.8 Å². The van der Waals surface area contributed by atoms with Crippen LogP contribution in [0.25, 0.3) is 0 Å². The fraction of sp³-hybridized carbons (Fsp3) is 0.455. The van der Waals surface area contributed by atoms with Crippen LogP contribution in [-0.4, -0.2) is 19.8 Å². The molecule has 0 amide bonds. The zero-order valence-corrected chi connectivity index (χ0v) is 11.2. The Kier molecular flexibility index (Phi) is 5.17. The van der Waals surface area contributed by atoms with Crippen molar-refractivity contribution in [2.24, 2.45) is 0 Å². The first-order valence-electron chi connectivity index (χ1n) is 4.94. The highest BCUT2D eigenvalue weighted by atomic mass is 127. The molecular formula is C11H17IN2O. The summed E-state index contributed by atoms with van der Waals surface area (Å²) in [7, 11) is 1.72. The lowest BCUT2D eigenvalue weighted by molar-refractivity contribution is 0.191. The second kappa shape index (κ2) is 6.17. The van der Waals surface area contributed by atoms with Crippen molar-refractivity contribution in [3.8, 4) is 0 Å². The number of anilines is 2. The number of ether oxygens (including phenoxy) is 1. The van der Waals surface area contributed by atoms with Gasteiger partial charge in [0.25, 0.3) is 0 Å². The van der Waals surface area contributed by atoms with Crippen LogP contribution in [0.2, 0.25) is 0 Å². The number of halogens is 1. The van der Waals surface area contributed by atoms with Gasteiger partial charge in [-0.05, 0) is 54.1 Å². The first-order valence-corrected chi connectivity index (χ1v) is 6.02. The predicted molar refractivity (Wildman–Crippen MR) is 73.1 cm³/mol. The Morgan fingerprint density at radius 1 is 1.53 bits per heavy atom. The Morgan fingerprint density at radius 2 is 2.27 bits per heavy atom. The van der Waals surface area contributed by atoms with Crippen LogP contribution in [0.1, 0.15) is 13.3 Å². The van der Waals surface area contributed by atoms with E-state index in [0.29, 0.717) is 6.04 Å². The third kappa shape index (κ3) is 4.25. The molecule has 0 heterocycles. The standard InChI is InChI=1S/C11H17IN2O/c1-8(5-6-15-2)14-11-4-3-9(13)7-10(11)12/h3-4,7-8,14H,5-6,13H2,1-2H3. The highest BCUT2D eigenvalue weighted by molar-refractivity contribution is 14.1. The number of rotatable bonds is 5. The van der Waals surface area contributed by atoms with Gasteiger partial charge in [0.05, 0.1) is 0 Å². The van der Waals surface area contributed by atoms with Crippen LogP contribution in [-0.2, 0) is 4.74 Å². The van der Waals surface area contributed by atoms with Gasteiger partial charge in [-0.15, -0.1) is 0 Å². The molecule has 3 nitrogen and oxygen atoms in total. The molecule has 0 bridgehead atoms. The van der Waals surface area contributed by atoms with Gasteiger partial charge in [0.15, 0.2) is 0 Å². The van der Waals surface area contributed by atoms with E-state index in [1.165, 1.54) is 0 Å². The zero-order valence-electron chi connectivity index (χ0n) is 9.09. The molecule has 1 aromatic carbocycles. The van der Waals surface area contributed by atoms with E-state index in [1.54, 1.807) is 7.11 Å². The molecule has 1 atom stereocenters. The Balaban J connectivity index is 2.56. The van der Waals surface area contributed by atoms with Crippen molar-refractivity contribution in [1.29, 1.82) is 0 Å². The average Bonchev–Trinajstić information content (AvgIpc) is 2.19. The summed E-state index contributed by atoms with van der Waals surface area (Å²) in [4.78, 5) is 0. The second-order valence-electron chi connectivity index (χ2n) is 3.57. The van der Waals surface area contributed by atoms with Crippen LogP contribution in [0, 0.1) is 3.57 Å². The number of nitrogen functional groups attached to an aromatic ring is 1. The van der Waals surface area contributed by atoms with Crippen LogP contribution in [0.3, 0.4) is 0 Å². The molecule has 0 saturated heterocycles. The molecular weight excluding hydrogens is 303 g/mol. The van der Waals surface area contributed by atoms with Crippen molar-refractivity contribution in [1.82, 2.24) is 0 Å². The quantitative estimate of drug-likeness (QED) is 0.648. The third-order valence-corrected chi connectivity index (χ3v) is 3.04. The van der Waals surface area contributed by atoms with Gasteiger partial charge in [0.1, 0.15) is 0 Å². The molecule has 0 aliphatic rings. The van der Waals surface area contributed by atoms with Gasteiger partial charge in [0.2, 0.25) is 0 Å². The molecule has 1 aromatic rings.